The third-order valence-corrected chi connectivity index (χ3v) is 15.9. The van der Waals surface area contributed by atoms with Gasteiger partial charge in [0.15, 0.2) is 0 Å². The van der Waals surface area contributed by atoms with Crippen LogP contribution >= 0.6 is 23.2 Å². The zero-order valence-electron chi connectivity index (χ0n) is 49.6. The third-order valence-electron chi connectivity index (χ3n) is 15.3. The number of carbonyl (C=O) groups is 2. The van der Waals surface area contributed by atoms with Crippen LogP contribution < -0.4 is 50.8 Å². The van der Waals surface area contributed by atoms with Crippen LogP contribution in [-0.2, 0) is 16.2 Å². The van der Waals surface area contributed by atoms with E-state index in [1.807, 2.05) is 91.2 Å². The van der Waals surface area contributed by atoms with Crippen molar-refractivity contribution in [1.82, 2.24) is 25.1 Å². The number of piperidine rings is 1. The van der Waals surface area contributed by atoms with Crippen molar-refractivity contribution in [1.29, 1.82) is 10.5 Å². The molecule has 1 saturated heterocycles. The van der Waals surface area contributed by atoms with Gasteiger partial charge in [0, 0.05) is 84.4 Å². The van der Waals surface area contributed by atoms with Gasteiger partial charge in [-0.1, -0.05) is 36.2 Å². The monoisotopic (exact) mass is 1180 g/mol. The van der Waals surface area contributed by atoms with Crippen molar-refractivity contribution in [2.24, 2.45) is 17.8 Å². The number of rotatable bonds is 26. The number of fused-ring (bicyclic) bond motifs is 2. The Bertz CT molecular complexity index is 3400. The van der Waals surface area contributed by atoms with Crippen molar-refractivity contribution in [3.63, 3.8) is 0 Å². The van der Waals surface area contributed by atoms with Crippen LogP contribution in [0.3, 0.4) is 0 Å². The number of amides is 2. The van der Waals surface area contributed by atoms with Crippen LogP contribution in [0, 0.1) is 61.2 Å². The fourth-order valence-electron chi connectivity index (χ4n) is 10.8. The van der Waals surface area contributed by atoms with Crippen LogP contribution in [0.2, 0.25) is 10.0 Å². The van der Waals surface area contributed by atoms with Gasteiger partial charge in [-0.15, -0.1) is 0 Å². The van der Waals surface area contributed by atoms with Gasteiger partial charge in [-0.2, -0.15) is 10.5 Å². The van der Waals surface area contributed by atoms with Crippen LogP contribution in [0.5, 0.6) is 23.0 Å². The van der Waals surface area contributed by atoms with Crippen molar-refractivity contribution in [2.75, 3.05) is 100 Å². The maximum absolute atomic E-state index is 13.6. The molecule has 0 spiro atoms. The fraction of sp³-hybridized carbons (Fsp3) is 0.438. The molecule has 0 aliphatic carbocycles. The number of halogens is 2. The lowest BCUT2D eigenvalue weighted by Crippen LogP contribution is -2.49. The number of nitrogens with one attached hydrogen (secondary N) is 6. The minimum Gasteiger partial charge on any atom is -0.492 e. The first-order chi connectivity index (χ1) is 40.4. The highest BCUT2D eigenvalue weighted by Crippen LogP contribution is 2.44. The van der Waals surface area contributed by atoms with Gasteiger partial charge in [0.2, 0.25) is 11.8 Å². The molecule has 0 radical (unpaired) electrons. The smallest absolute Gasteiger partial charge is 0.224 e. The van der Waals surface area contributed by atoms with E-state index in [-0.39, 0.29) is 24.5 Å². The number of aromatic nitrogens is 2. The predicted octanol–water partition coefficient (Wildman–Crippen LogP) is 12.2. The van der Waals surface area contributed by atoms with Gasteiger partial charge in [-0.3, -0.25) is 19.6 Å². The van der Waals surface area contributed by atoms with Crippen molar-refractivity contribution in [2.45, 2.75) is 92.3 Å². The van der Waals surface area contributed by atoms with Crippen LogP contribution in [-0.4, -0.2) is 111 Å². The normalized spacial score (nSPS) is 17.3. The second kappa shape index (κ2) is 29.3. The molecule has 0 bridgehead atoms. The van der Waals surface area contributed by atoms with Gasteiger partial charge in [0.1, 0.15) is 42.3 Å². The van der Waals surface area contributed by atoms with Gasteiger partial charge in [-0.25, -0.2) is 0 Å². The number of pyridine rings is 2. The summed E-state index contributed by atoms with van der Waals surface area (Å²) in [5.41, 5.74) is 9.11. The maximum atomic E-state index is 13.6. The molecular formula is C64H78Cl2N12O6. The van der Waals surface area contributed by atoms with Gasteiger partial charge in [-0.05, 0) is 160 Å². The van der Waals surface area contributed by atoms with Crippen LogP contribution in [0.15, 0.2) is 72.9 Å². The molecule has 6 N–H and O–H groups in total. The summed E-state index contributed by atoms with van der Waals surface area (Å²) >= 11 is 13.8. The first kappa shape index (κ1) is 62.5. The summed E-state index contributed by atoms with van der Waals surface area (Å²) in [5.74, 6) is 2.25. The predicted molar refractivity (Wildman–Crippen MR) is 334 cm³/mol. The lowest BCUT2D eigenvalue weighted by molar-refractivity contribution is -0.117. The van der Waals surface area contributed by atoms with Crippen molar-refractivity contribution >= 4 is 80.0 Å². The zero-order chi connectivity index (χ0) is 60.0. The summed E-state index contributed by atoms with van der Waals surface area (Å²) in [5, 5.41) is 42.2. The van der Waals surface area contributed by atoms with E-state index < -0.39 is 12.0 Å². The van der Waals surface area contributed by atoms with Crippen LogP contribution in [0.4, 0.5) is 34.1 Å². The van der Waals surface area contributed by atoms with Crippen molar-refractivity contribution in [3.05, 3.63) is 117 Å². The molecule has 2 aliphatic rings. The Morgan fingerprint density at radius 3 is 2.20 bits per heavy atom. The second-order valence-corrected chi connectivity index (χ2v) is 23.0. The second-order valence-electron chi connectivity index (χ2n) is 22.2. The van der Waals surface area contributed by atoms with E-state index in [0.717, 1.165) is 78.5 Å². The molecule has 8 rings (SSSR count). The summed E-state index contributed by atoms with van der Waals surface area (Å²) in [6.45, 7) is 17.1. The first-order valence-electron chi connectivity index (χ1n) is 28.9. The molecule has 5 unspecified atom stereocenters. The van der Waals surface area contributed by atoms with E-state index in [4.69, 9.17) is 42.1 Å². The van der Waals surface area contributed by atoms with Crippen LogP contribution in [0.1, 0.15) is 92.6 Å². The molecule has 5 atom stereocenters. The van der Waals surface area contributed by atoms with E-state index in [2.05, 4.69) is 77.8 Å². The molecule has 444 valence electrons. The third kappa shape index (κ3) is 16.2. The summed E-state index contributed by atoms with van der Waals surface area (Å²) in [6.07, 6.45) is 4.54. The molecule has 20 heteroatoms. The average molecular weight is 1180 g/mol. The van der Waals surface area contributed by atoms with Gasteiger partial charge in [0.05, 0.1) is 80.8 Å². The zero-order valence-corrected chi connectivity index (χ0v) is 51.1. The summed E-state index contributed by atoms with van der Waals surface area (Å²) < 4.78 is 24.4. The minimum absolute atomic E-state index is 0.0994. The lowest BCUT2D eigenvalue weighted by atomic mass is 9.86. The maximum Gasteiger partial charge on any atom is 0.224 e. The van der Waals surface area contributed by atoms with Gasteiger partial charge >= 0.3 is 0 Å². The van der Waals surface area contributed by atoms with E-state index >= 15 is 0 Å². The SMILES string of the molecule is CCOc1cc2c(cc1NC(=O)CCCN(C)C)C(Nc1cc(Cl)c(OCC3NCC(CN(C)CCCC(=O)Nc4cc5c(Nc6ccc(OCc7nc(C)ccc7C)cc6Cl)c(C#N)cnc5cc4OCC)CC3C)cc1C)C(C#N)CN2. The average Bonchev–Trinajstić information content (AvgIpc) is 3.62. The molecule has 2 amide bonds. The molecule has 6 aromatic rings. The topological polar surface area (TPSA) is 223 Å². The fourth-order valence-corrected chi connectivity index (χ4v) is 11.2. The molecule has 4 heterocycles. The molecule has 18 nitrogen and oxygen atoms in total. The Balaban J connectivity index is 0.823. The highest BCUT2D eigenvalue weighted by molar-refractivity contribution is 6.33. The van der Waals surface area contributed by atoms with E-state index in [1.165, 1.54) is 6.20 Å². The number of benzene rings is 4. The molecular weight excluding hydrogens is 1100 g/mol. The minimum atomic E-state index is -0.420. The number of hydrogen-bond acceptors (Lipinski definition) is 16. The standard InChI is InChI=1S/C64H78Cl2N12O6/c1-10-81-59-28-52-46(63(43(30-67)33-70-52)75-50-19-18-45(24-48(50)65)83-37-57-38(3)16-17-41(6)72-57)25-54(59)74-62(80)15-13-21-78(9)35-42-22-39(4)56(69-32-42)36-84-58-23-40(5)51(27-49(58)66)76-64-44(31-68)34-71-53-29-60(82-11-2)55(26-47(53)64)73-61(79)14-12-20-77(7)8/h16-19,23-29,33,39,42,44,56,64,69,71,76H,10-15,20-22,32,34-37H2,1-9H3,(H,70,75)(H,73,79)(H,74,80). The molecule has 2 aliphatic heterocycles. The van der Waals surface area contributed by atoms with Crippen LogP contribution in [0.25, 0.3) is 10.9 Å². The Labute approximate surface area is 503 Å². The van der Waals surface area contributed by atoms with Gasteiger partial charge < -0.3 is 60.6 Å². The summed E-state index contributed by atoms with van der Waals surface area (Å²) in [4.78, 5) is 40.2. The summed E-state index contributed by atoms with van der Waals surface area (Å²) in [7, 11) is 6.06. The quantitative estimate of drug-likeness (QED) is 0.0297. The van der Waals surface area contributed by atoms with E-state index in [9.17, 15) is 20.1 Å². The number of nitriles is 2. The van der Waals surface area contributed by atoms with Gasteiger partial charge in [0.25, 0.3) is 0 Å². The molecule has 1 fully saturated rings. The van der Waals surface area contributed by atoms with E-state index in [0.29, 0.717) is 130 Å². The Kier molecular flexibility index (Phi) is 21.8. The molecule has 84 heavy (non-hydrogen) atoms. The Hall–Kier alpha value is -7.58. The number of hydrogen-bond donors (Lipinski definition) is 6. The van der Waals surface area contributed by atoms with Crippen molar-refractivity contribution < 1.29 is 28.5 Å². The molecule has 0 saturated carbocycles. The highest BCUT2D eigenvalue weighted by Gasteiger charge is 2.33. The number of anilines is 6. The number of ether oxygens (including phenoxy) is 4. The highest BCUT2D eigenvalue weighted by atomic mass is 35.5. The number of aryl methyl sites for hydroxylation is 3. The largest absolute Gasteiger partial charge is 0.492 e. The lowest BCUT2D eigenvalue weighted by Gasteiger charge is -2.37. The first-order valence-corrected chi connectivity index (χ1v) is 29.6. The summed E-state index contributed by atoms with van der Waals surface area (Å²) in [6, 6.07) is 24.9. The molecule has 4 aromatic carbocycles. The number of carbonyl (C=O) groups excluding carboxylic acids is 2. The van der Waals surface area contributed by atoms with E-state index in [1.54, 1.807) is 24.3 Å². The number of nitrogens with zero attached hydrogens (tertiary/aromatic N) is 6. The van der Waals surface area contributed by atoms with Crippen molar-refractivity contribution in [3.8, 4) is 35.1 Å². The Morgan fingerprint density at radius 1 is 0.786 bits per heavy atom. The molecule has 2 aromatic heterocycles. The Morgan fingerprint density at radius 2 is 1.51 bits per heavy atom.